The molecule has 4 heterocycles. The fourth-order valence-corrected chi connectivity index (χ4v) is 5.24. The lowest BCUT2D eigenvalue weighted by Crippen LogP contribution is -2.47. The Labute approximate surface area is 169 Å². The van der Waals surface area contributed by atoms with E-state index in [1.165, 1.54) is 16.7 Å². The summed E-state index contributed by atoms with van der Waals surface area (Å²) in [6.45, 7) is 4.17. The van der Waals surface area contributed by atoms with Gasteiger partial charge in [0.05, 0.1) is 12.3 Å². The average molecular weight is 389 g/mol. The third-order valence-corrected chi connectivity index (χ3v) is 6.82. The Bertz CT molecular complexity index is 1030. The van der Waals surface area contributed by atoms with Crippen molar-refractivity contribution >= 4 is 11.9 Å². The quantitative estimate of drug-likeness (QED) is 0.693. The number of amides is 1. The summed E-state index contributed by atoms with van der Waals surface area (Å²) in [6.07, 6.45) is 4.77. The number of fused-ring (bicyclic) bond motifs is 3. The fourth-order valence-electron chi connectivity index (χ4n) is 5.24. The molecule has 1 fully saturated rings. The summed E-state index contributed by atoms with van der Waals surface area (Å²) < 4.78 is 12.5. The van der Waals surface area contributed by atoms with E-state index in [1.807, 2.05) is 18.3 Å². The Morgan fingerprint density at radius 2 is 1.76 bits per heavy atom. The molecule has 6 nitrogen and oxygen atoms in total. The summed E-state index contributed by atoms with van der Waals surface area (Å²) in [6, 6.07) is 10.8. The SMILES string of the molecule is Cc1cnc2c(c1)COC21CCN(C2=NC(=O)C3(Cc4ccccc4C3)O2)CC1. The molecule has 1 amide bonds. The molecule has 148 valence electrons. The zero-order valence-corrected chi connectivity index (χ0v) is 16.5. The van der Waals surface area contributed by atoms with E-state index in [-0.39, 0.29) is 11.5 Å². The largest absolute Gasteiger partial charge is 0.447 e. The summed E-state index contributed by atoms with van der Waals surface area (Å²) in [5.41, 5.74) is 4.66. The van der Waals surface area contributed by atoms with E-state index in [1.54, 1.807) is 0 Å². The number of carbonyl (C=O) groups is 1. The number of likely N-dealkylation sites (tertiary alicyclic amines) is 1. The number of hydrogen-bond acceptors (Lipinski definition) is 5. The first-order valence-electron chi connectivity index (χ1n) is 10.3. The monoisotopic (exact) mass is 389 g/mol. The van der Waals surface area contributed by atoms with Crippen LogP contribution in [-0.2, 0) is 39.3 Å². The number of benzene rings is 1. The predicted molar refractivity (Wildman–Crippen MR) is 106 cm³/mol. The molecule has 1 aliphatic carbocycles. The second-order valence-corrected chi connectivity index (χ2v) is 8.71. The lowest BCUT2D eigenvalue weighted by molar-refractivity contribution is -0.130. The van der Waals surface area contributed by atoms with E-state index in [2.05, 4.69) is 35.0 Å². The van der Waals surface area contributed by atoms with Crippen LogP contribution in [0.3, 0.4) is 0 Å². The van der Waals surface area contributed by atoms with E-state index in [0.717, 1.165) is 37.2 Å². The van der Waals surface area contributed by atoms with Crippen molar-refractivity contribution in [2.75, 3.05) is 13.1 Å². The first kappa shape index (κ1) is 17.2. The Morgan fingerprint density at radius 1 is 1.03 bits per heavy atom. The smallest absolute Gasteiger partial charge is 0.296 e. The minimum atomic E-state index is -0.844. The Morgan fingerprint density at radius 3 is 2.48 bits per heavy atom. The first-order chi connectivity index (χ1) is 14.1. The van der Waals surface area contributed by atoms with Crippen molar-refractivity contribution in [3.8, 4) is 0 Å². The Kier molecular flexibility index (Phi) is 3.48. The average Bonchev–Trinajstić information content (AvgIpc) is 3.37. The number of piperidine rings is 1. The highest BCUT2D eigenvalue weighted by Crippen LogP contribution is 2.44. The van der Waals surface area contributed by atoms with Crippen molar-refractivity contribution in [2.24, 2.45) is 4.99 Å². The van der Waals surface area contributed by atoms with Gasteiger partial charge in [-0.05, 0) is 36.5 Å². The zero-order valence-electron chi connectivity index (χ0n) is 16.5. The highest BCUT2D eigenvalue weighted by Gasteiger charge is 2.53. The molecule has 0 saturated carbocycles. The van der Waals surface area contributed by atoms with Crippen LogP contribution >= 0.6 is 0 Å². The summed E-state index contributed by atoms with van der Waals surface area (Å²) in [5, 5.41) is 0. The Hall–Kier alpha value is -2.73. The first-order valence-corrected chi connectivity index (χ1v) is 10.3. The molecular formula is C23H23N3O3. The standard InChI is InChI=1S/C23H23N3O3/c1-15-10-18-14-28-22(19(18)24-13-15)6-8-26(9-7-22)21-25-20(27)23(29-21)11-16-4-2-3-5-17(16)12-23/h2-5,10,13H,6-9,11-12,14H2,1H3. The molecule has 0 radical (unpaired) electrons. The van der Waals surface area contributed by atoms with Crippen LogP contribution in [-0.4, -0.2) is 40.5 Å². The molecule has 4 aliphatic rings. The third kappa shape index (κ3) is 2.48. The molecule has 6 rings (SSSR count). The molecule has 0 N–H and O–H groups in total. The molecule has 0 bridgehead atoms. The number of ether oxygens (including phenoxy) is 2. The molecule has 1 aromatic heterocycles. The van der Waals surface area contributed by atoms with Crippen LogP contribution in [0.1, 0.15) is 40.8 Å². The van der Waals surface area contributed by atoms with Crippen molar-refractivity contribution in [2.45, 2.75) is 50.4 Å². The zero-order chi connectivity index (χ0) is 19.6. The normalized spacial score (nSPS) is 23.3. The minimum Gasteiger partial charge on any atom is -0.447 e. The van der Waals surface area contributed by atoms with Crippen LogP contribution in [0.25, 0.3) is 0 Å². The van der Waals surface area contributed by atoms with E-state index >= 15 is 0 Å². The van der Waals surface area contributed by atoms with Gasteiger partial charge in [0, 0.05) is 37.7 Å². The van der Waals surface area contributed by atoms with Gasteiger partial charge >= 0.3 is 0 Å². The van der Waals surface area contributed by atoms with Gasteiger partial charge in [0.2, 0.25) is 5.60 Å². The van der Waals surface area contributed by atoms with Gasteiger partial charge in [-0.1, -0.05) is 30.3 Å². The number of carbonyl (C=O) groups excluding carboxylic acids is 1. The van der Waals surface area contributed by atoms with Gasteiger partial charge in [-0.3, -0.25) is 9.78 Å². The molecule has 3 aliphatic heterocycles. The van der Waals surface area contributed by atoms with Crippen LogP contribution < -0.4 is 0 Å². The number of aryl methyl sites for hydroxylation is 1. The molecule has 1 saturated heterocycles. The minimum absolute atomic E-state index is 0.149. The van der Waals surface area contributed by atoms with E-state index in [0.29, 0.717) is 25.5 Å². The van der Waals surface area contributed by atoms with Crippen molar-refractivity contribution in [1.29, 1.82) is 0 Å². The highest BCUT2D eigenvalue weighted by atomic mass is 16.5. The van der Waals surface area contributed by atoms with Crippen LogP contribution in [0.15, 0.2) is 41.5 Å². The summed E-state index contributed by atoms with van der Waals surface area (Å²) in [5.74, 6) is -0.149. The second-order valence-electron chi connectivity index (χ2n) is 8.71. The van der Waals surface area contributed by atoms with Crippen molar-refractivity contribution in [3.63, 3.8) is 0 Å². The van der Waals surface area contributed by atoms with Crippen LogP contribution in [0.5, 0.6) is 0 Å². The third-order valence-electron chi connectivity index (χ3n) is 6.82. The van der Waals surface area contributed by atoms with Gasteiger partial charge in [0.15, 0.2) is 0 Å². The molecular weight excluding hydrogens is 366 g/mol. The number of hydrogen-bond donors (Lipinski definition) is 0. The van der Waals surface area contributed by atoms with Gasteiger partial charge < -0.3 is 14.4 Å². The molecule has 2 spiro atoms. The summed E-state index contributed by atoms with van der Waals surface area (Å²) >= 11 is 0. The maximum Gasteiger partial charge on any atom is 0.296 e. The number of aliphatic imine (C=N–C) groups is 1. The number of pyridine rings is 1. The predicted octanol–water partition coefficient (Wildman–Crippen LogP) is 2.66. The van der Waals surface area contributed by atoms with Gasteiger partial charge in [-0.2, -0.15) is 4.99 Å². The topological polar surface area (TPSA) is 64.0 Å². The lowest BCUT2D eigenvalue weighted by atomic mass is 9.87. The highest BCUT2D eigenvalue weighted by molar-refractivity contribution is 6.02. The van der Waals surface area contributed by atoms with E-state index < -0.39 is 5.60 Å². The molecule has 0 atom stereocenters. The van der Waals surface area contributed by atoms with Crippen LogP contribution in [0, 0.1) is 6.92 Å². The number of aromatic nitrogens is 1. The summed E-state index contributed by atoms with van der Waals surface area (Å²) in [7, 11) is 0. The molecule has 0 unspecified atom stereocenters. The number of nitrogens with zero attached hydrogens (tertiary/aromatic N) is 3. The van der Waals surface area contributed by atoms with Gasteiger partial charge in [0.25, 0.3) is 11.9 Å². The fraction of sp³-hybridized carbons (Fsp3) is 0.435. The molecule has 29 heavy (non-hydrogen) atoms. The molecule has 6 heteroatoms. The van der Waals surface area contributed by atoms with Crippen LogP contribution in [0.2, 0.25) is 0 Å². The van der Waals surface area contributed by atoms with Gasteiger partial charge in [-0.15, -0.1) is 0 Å². The van der Waals surface area contributed by atoms with Crippen molar-refractivity contribution in [1.82, 2.24) is 9.88 Å². The van der Waals surface area contributed by atoms with E-state index in [9.17, 15) is 4.79 Å². The number of amidine groups is 1. The summed E-state index contributed by atoms with van der Waals surface area (Å²) in [4.78, 5) is 23.9. The van der Waals surface area contributed by atoms with Gasteiger partial charge in [0.1, 0.15) is 5.60 Å². The second kappa shape index (κ2) is 5.89. The van der Waals surface area contributed by atoms with Crippen molar-refractivity contribution < 1.29 is 14.3 Å². The molecule has 1 aromatic carbocycles. The molecule has 2 aromatic rings. The van der Waals surface area contributed by atoms with Gasteiger partial charge in [-0.25, -0.2) is 0 Å². The lowest BCUT2D eigenvalue weighted by Gasteiger charge is -2.39. The van der Waals surface area contributed by atoms with Crippen LogP contribution in [0.4, 0.5) is 0 Å². The van der Waals surface area contributed by atoms with Crippen molar-refractivity contribution in [3.05, 3.63) is 64.5 Å². The number of rotatable bonds is 0. The van der Waals surface area contributed by atoms with E-state index in [4.69, 9.17) is 14.5 Å². The Balaban J connectivity index is 1.18. The maximum atomic E-state index is 12.8. The maximum absolute atomic E-state index is 12.8.